The summed E-state index contributed by atoms with van der Waals surface area (Å²) in [4.78, 5) is 26.4. The third-order valence-corrected chi connectivity index (χ3v) is 4.67. The molecule has 2 rings (SSSR count). The number of methoxy groups -OCH3 is 1. The van der Waals surface area contributed by atoms with Gasteiger partial charge in [-0.3, -0.25) is 0 Å². The first kappa shape index (κ1) is 15.6. The van der Waals surface area contributed by atoms with Crippen molar-refractivity contribution in [2.24, 2.45) is 0 Å². The predicted octanol–water partition coefficient (Wildman–Crippen LogP) is 2.28. The third kappa shape index (κ3) is 3.12. The molecule has 6 nitrogen and oxygen atoms in total. The van der Waals surface area contributed by atoms with Gasteiger partial charge in [-0.25, -0.2) is 9.59 Å². The van der Waals surface area contributed by atoms with Crippen LogP contribution in [0.4, 0.5) is 10.7 Å². The van der Waals surface area contributed by atoms with E-state index in [0.29, 0.717) is 5.00 Å². The summed E-state index contributed by atoms with van der Waals surface area (Å²) in [6.07, 6.45) is 3.30. The number of rotatable bonds is 4. The number of nitrogen functional groups attached to an aromatic ring is 1. The second kappa shape index (κ2) is 6.80. The molecule has 1 aromatic heterocycles. The van der Waals surface area contributed by atoms with E-state index in [0.717, 1.165) is 25.9 Å². The Balaban J connectivity index is 2.43. The molecule has 0 bridgehead atoms. The molecule has 0 unspecified atom stereocenters. The fraction of sp³-hybridized carbons (Fsp3) is 0.571. The van der Waals surface area contributed by atoms with E-state index in [1.165, 1.54) is 24.9 Å². The first-order valence-corrected chi connectivity index (χ1v) is 7.84. The molecule has 2 heterocycles. The number of piperidine rings is 1. The maximum atomic E-state index is 12.0. The number of anilines is 2. The number of carbonyl (C=O) groups is 2. The minimum absolute atomic E-state index is 0.158. The Morgan fingerprint density at radius 2 is 1.90 bits per heavy atom. The van der Waals surface area contributed by atoms with Crippen molar-refractivity contribution < 1.29 is 19.1 Å². The van der Waals surface area contributed by atoms with Crippen LogP contribution in [0.25, 0.3) is 0 Å². The predicted molar refractivity (Wildman–Crippen MR) is 82.1 cm³/mol. The van der Waals surface area contributed by atoms with Gasteiger partial charge in [0.1, 0.15) is 15.4 Å². The summed E-state index contributed by atoms with van der Waals surface area (Å²) in [6, 6.07) is 0. The fourth-order valence-corrected chi connectivity index (χ4v) is 3.55. The van der Waals surface area contributed by atoms with Crippen molar-refractivity contribution in [3.63, 3.8) is 0 Å². The van der Waals surface area contributed by atoms with Crippen LogP contribution < -0.4 is 10.6 Å². The molecular formula is C14H20N2O4S. The lowest BCUT2D eigenvalue weighted by Gasteiger charge is -2.28. The van der Waals surface area contributed by atoms with Gasteiger partial charge in [-0.2, -0.15) is 0 Å². The molecule has 2 N–H and O–H groups in total. The highest BCUT2D eigenvalue weighted by molar-refractivity contribution is 7.19. The van der Waals surface area contributed by atoms with E-state index in [9.17, 15) is 9.59 Å². The van der Waals surface area contributed by atoms with Gasteiger partial charge in [0.15, 0.2) is 0 Å². The Bertz CT molecular complexity index is 535. The van der Waals surface area contributed by atoms with Gasteiger partial charge < -0.3 is 20.1 Å². The number of carbonyl (C=O) groups excluding carboxylic acids is 2. The minimum Gasteiger partial charge on any atom is -0.465 e. The maximum absolute atomic E-state index is 12.0. The molecule has 7 heteroatoms. The third-order valence-electron chi connectivity index (χ3n) is 3.42. The quantitative estimate of drug-likeness (QED) is 0.859. The van der Waals surface area contributed by atoms with E-state index in [2.05, 4.69) is 4.90 Å². The van der Waals surface area contributed by atoms with Gasteiger partial charge in [0.2, 0.25) is 0 Å². The van der Waals surface area contributed by atoms with Crippen molar-refractivity contribution in [3.8, 4) is 0 Å². The molecule has 0 aromatic carbocycles. The van der Waals surface area contributed by atoms with Crippen molar-refractivity contribution in [2.75, 3.05) is 37.4 Å². The van der Waals surface area contributed by atoms with Crippen LogP contribution >= 0.6 is 11.3 Å². The van der Waals surface area contributed by atoms with Gasteiger partial charge >= 0.3 is 11.9 Å². The summed E-state index contributed by atoms with van der Waals surface area (Å²) >= 11 is 1.21. The Labute approximate surface area is 127 Å². The van der Waals surface area contributed by atoms with E-state index in [-0.39, 0.29) is 22.7 Å². The van der Waals surface area contributed by atoms with Gasteiger partial charge in [0.25, 0.3) is 0 Å². The van der Waals surface area contributed by atoms with Crippen molar-refractivity contribution in [1.29, 1.82) is 0 Å². The summed E-state index contributed by atoms with van der Waals surface area (Å²) in [6.45, 7) is 3.70. The second-order valence-electron chi connectivity index (χ2n) is 4.78. The maximum Gasteiger partial charge on any atom is 0.350 e. The first-order chi connectivity index (χ1) is 10.1. The lowest BCUT2D eigenvalue weighted by molar-refractivity contribution is 0.0533. The Morgan fingerprint density at radius 3 is 2.48 bits per heavy atom. The number of hydrogen-bond acceptors (Lipinski definition) is 7. The van der Waals surface area contributed by atoms with E-state index >= 15 is 0 Å². The van der Waals surface area contributed by atoms with Crippen molar-refractivity contribution in [2.45, 2.75) is 26.2 Å². The Hall–Kier alpha value is -1.76. The molecule has 1 fully saturated rings. The molecule has 21 heavy (non-hydrogen) atoms. The Morgan fingerprint density at radius 1 is 1.24 bits per heavy atom. The van der Waals surface area contributed by atoms with Crippen LogP contribution in [0, 0.1) is 0 Å². The summed E-state index contributed by atoms with van der Waals surface area (Å²) in [5, 5.41) is 0.710. The molecule has 116 valence electrons. The van der Waals surface area contributed by atoms with Gasteiger partial charge in [0, 0.05) is 13.1 Å². The summed E-state index contributed by atoms with van der Waals surface area (Å²) < 4.78 is 9.81. The minimum atomic E-state index is -0.514. The van der Waals surface area contributed by atoms with Crippen molar-refractivity contribution in [3.05, 3.63) is 10.4 Å². The smallest absolute Gasteiger partial charge is 0.350 e. The number of nitrogens with zero attached hydrogens (tertiary/aromatic N) is 1. The van der Waals surface area contributed by atoms with Crippen LogP contribution in [0.3, 0.4) is 0 Å². The van der Waals surface area contributed by atoms with Crippen LogP contribution in [-0.2, 0) is 9.47 Å². The second-order valence-corrected chi connectivity index (χ2v) is 5.78. The van der Waals surface area contributed by atoms with E-state index < -0.39 is 11.9 Å². The van der Waals surface area contributed by atoms with Gasteiger partial charge in [0.05, 0.1) is 19.4 Å². The van der Waals surface area contributed by atoms with E-state index in [1.54, 1.807) is 6.92 Å². The molecule has 1 aliphatic heterocycles. The van der Waals surface area contributed by atoms with Crippen molar-refractivity contribution >= 4 is 34.0 Å². The van der Waals surface area contributed by atoms with Crippen LogP contribution in [0.2, 0.25) is 0 Å². The number of nitrogens with two attached hydrogens (primary N) is 1. The summed E-state index contributed by atoms with van der Waals surface area (Å²) in [5.74, 6) is -1.01. The first-order valence-electron chi connectivity index (χ1n) is 7.02. The normalized spacial score (nSPS) is 14.9. The highest BCUT2D eigenvalue weighted by Crippen LogP contribution is 2.40. The van der Waals surface area contributed by atoms with Crippen LogP contribution in [0.5, 0.6) is 0 Å². The molecule has 1 aromatic rings. The Kier molecular flexibility index (Phi) is 5.06. The lowest BCUT2D eigenvalue weighted by Crippen LogP contribution is -2.30. The summed E-state index contributed by atoms with van der Waals surface area (Å²) in [7, 11) is 1.31. The average Bonchev–Trinajstić information content (AvgIpc) is 2.85. The van der Waals surface area contributed by atoms with Gasteiger partial charge in [-0.1, -0.05) is 0 Å². The number of hydrogen-bond donors (Lipinski definition) is 1. The molecule has 1 saturated heterocycles. The molecule has 0 amide bonds. The fourth-order valence-electron chi connectivity index (χ4n) is 2.40. The van der Waals surface area contributed by atoms with Crippen LogP contribution in [0.1, 0.15) is 46.2 Å². The summed E-state index contributed by atoms with van der Waals surface area (Å²) in [5.41, 5.74) is 6.44. The molecule has 0 atom stereocenters. The lowest BCUT2D eigenvalue weighted by atomic mass is 10.1. The molecule has 0 radical (unpaired) electrons. The van der Waals surface area contributed by atoms with E-state index in [4.69, 9.17) is 15.2 Å². The van der Waals surface area contributed by atoms with Gasteiger partial charge in [-0.05, 0) is 26.2 Å². The average molecular weight is 312 g/mol. The molecule has 0 aliphatic carbocycles. The number of esters is 2. The van der Waals surface area contributed by atoms with Crippen LogP contribution in [0.15, 0.2) is 0 Å². The number of thiophene rings is 1. The highest BCUT2D eigenvalue weighted by atomic mass is 32.1. The highest BCUT2D eigenvalue weighted by Gasteiger charge is 2.30. The topological polar surface area (TPSA) is 81.9 Å². The zero-order valence-corrected chi connectivity index (χ0v) is 13.1. The molecule has 0 saturated carbocycles. The molecule has 1 aliphatic rings. The zero-order valence-electron chi connectivity index (χ0n) is 12.3. The largest absolute Gasteiger partial charge is 0.465 e. The van der Waals surface area contributed by atoms with Crippen molar-refractivity contribution in [1.82, 2.24) is 0 Å². The monoisotopic (exact) mass is 312 g/mol. The van der Waals surface area contributed by atoms with Gasteiger partial charge in [-0.15, -0.1) is 11.3 Å². The molecular weight excluding hydrogens is 292 g/mol. The zero-order chi connectivity index (χ0) is 15.4. The SMILES string of the molecule is CCOC(=O)c1sc(N2CCCCC2)c(C(=O)OC)c1N. The van der Waals surface area contributed by atoms with E-state index in [1.807, 2.05) is 0 Å². The van der Waals surface area contributed by atoms with Crippen LogP contribution in [-0.4, -0.2) is 38.7 Å². The number of ether oxygens (including phenoxy) is 2. The standard InChI is InChI=1S/C14H20N2O4S/c1-3-20-14(18)11-10(15)9(13(17)19-2)12(21-11)16-7-5-4-6-8-16/h3-8,15H2,1-2H3. The molecule has 0 spiro atoms.